The van der Waals surface area contributed by atoms with Crippen molar-refractivity contribution in [1.82, 2.24) is 23.8 Å². The normalized spacial score (nSPS) is 19.5. The zero-order valence-corrected chi connectivity index (χ0v) is 19.2. The molecule has 5 rings (SSSR count). The lowest BCUT2D eigenvalue weighted by atomic mass is 9.78. The van der Waals surface area contributed by atoms with E-state index in [0.717, 1.165) is 36.3 Å². The lowest BCUT2D eigenvalue weighted by Gasteiger charge is -2.38. The molecular weight excluding hydrogens is 434 g/mol. The number of piperidine rings is 1. The summed E-state index contributed by atoms with van der Waals surface area (Å²) >= 11 is 1.26. The Kier molecular flexibility index (Phi) is 4.91. The topological polar surface area (TPSA) is 87.9 Å². The number of rotatable bonds is 3. The lowest BCUT2D eigenvalue weighted by molar-refractivity contribution is 0.0748. The van der Waals surface area contributed by atoms with Crippen molar-refractivity contribution < 1.29 is 13.2 Å². The van der Waals surface area contributed by atoms with Gasteiger partial charge in [-0.2, -0.15) is 9.40 Å². The fourth-order valence-corrected chi connectivity index (χ4v) is 7.38. The molecule has 0 aromatic carbocycles. The smallest absolute Gasteiger partial charge is 0.257 e. The van der Waals surface area contributed by atoms with E-state index < -0.39 is 10.0 Å². The molecule has 0 saturated carbocycles. The average Bonchev–Trinajstić information content (AvgIpc) is 3.48. The van der Waals surface area contributed by atoms with Gasteiger partial charge in [-0.25, -0.2) is 17.9 Å². The molecule has 8 nitrogen and oxygen atoms in total. The van der Waals surface area contributed by atoms with Crippen molar-refractivity contribution in [2.24, 2.45) is 5.41 Å². The molecule has 0 unspecified atom stereocenters. The van der Waals surface area contributed by atoms with E-state index in [1.807, 2.05) is 24.8 Å². The molecule has 0 atom stereocenters. The molecule has 1 amide bonds. The van der Waals surface area contributed by atoms with E-state index in [9.17, 15) is 13.2 Å². The summed E-state index contributed by atoms with van der Waals surface area (Å²) in [7, 11) is -3.41. The Hall–Kier alpha value is -2.30. The van der Waals surface area contributed by atoms with E-state index >= 15 is 0 Å². The highest BCUT2D eigenvalue weighted by Crippen LogP contribution is 2.42. The number of fused-ring (bicyclic) bond motifs is 1. The highest BCUT2D eigenvalue weighted by molar-refractivity contribution is 7.91. The van der Waals surface area contributed by atoms with Crippen LogP contribution in [-0.2, 0) is 10.0 Å². The molecular formula is C21H25N5O3S2. The zero-order chi connectivity index (χ0) is 21.8. The van der Waals surface area contributed by atoms with Gasteiger partial charge < -0.3 is 4.90 Å². The minimum atomic E-state index is -3.41. The Balaban J connectivity index is 1.29. The molecule has 5 heterocycles. The van der Waals surface area contributed by atoms with Crippen LogP contribution in [0.5, 0.6) is 0 Å². The van der Waals surface area contributed by atoms with Crippen LogP contribution in [0.4, 0.5) is 0 Å². The zero-order valence-electron chi connectivity index (χ0n) is 17.6. The number of carbonyl (C=O) groups is 1. The van der Waals surface area contributed by atoms with Crippen LogP contribution in [0.3, 0.4) is 0 Å². The summed E-state index contributed by atoms with van der Waals surface area (Å²) in [6.45, 7) is 6.15. The van der Waals surface area contributed by atoms with Crippen molar-refractivity contribution >= 4 is 32.9 Å². The number of likely N-dealkylation sites (tertiary alicyclic amines) is 1. The van der Waals surface area contributed by atoms with Gasteiger partial charge in [0.2, 0.25) is 0 Å². The van der Waals surface area contributed by atoms with Crippen molar-refractivity contribution in [3.8, 4) is 0 Å². The van der Waals surface area contributed by atoms with Crippen molar-refractivity contribution in [2.45, 2.75) is 37.3 Å². The summed E-state index contributed by atoms with van der Waals surface area (Å²) in [4.78, 5) is 19.6. The second-order valence-corrected chi connectivity index (χ2v) is 11.7. The SMILES string of the molecule is Cc1cc2ncc(C(=O)N3CCC4(CCN(S(=O)(=O)c5cccs5)CC4)C3)c(C)n2n1. The van der Waals surface area contributed by atoms with Gasteiger partial charge in [0, 0.05) is 38.4 Å². The average molecular weight is 460 g/mol. The summed E-state index contributed by atoms with van der Waals surface area (Å²) in [6, 6.07) is 5.32. The van der Waals surface area contributed by atoms with Crippen LogP contribution >= 0.6 is 11.3 Å². The van der Waals surface area contributed by atoms with Crippen LogP contribution in [-0.4, -0.2) is 64.3 Å². The van der Waals surface area contributed by atoms with Crippen molar-refractivity contribution in [3.63, 3.8) is 0 Å². The van der Waals surface area contributed by atoms with Gasteiger partial charge in [-0.05, 0) is 50.0 Å². The number of aryl methyl sites for hydroxylation is 2. The van der Waals surface area contributed by atoms with E-state index in [2.05, 4.69) is 10.1 Å². The lowest BCUT2D eigenvalue weighted by Crippen LogP contribution is -2.44. The third-order valence-electron chi connectivity index (χ3n) is 6.67. The first kappa shape index (κ1) is 20.6. The minimum Gasteiger partial charge on any atom is -0.338 e. The van der Waals surface area contributed by atoms with Gasteiger partial charge in [-0.1, -0.05) is 6.07 Å². The number of hydrogen-bond donors (Lipinski definition) is 0. The van der Waals surface area contributed by atoms with Crippen molar-refractivity contribution in [2.75, 3.05) is 26.2 Å². The largest absolute Gasteiger partial charge is 0.338 e. The van der Waals surface area contributed by atoms with Crippen LogP contribution < -0.4 is 0 Å². The monoisotopic (exact) mass is 459 g/mol. The molecule has 31 heavy (non-hydrogen) atoms. The molecule has 1 spiro atoms. The van der Waals surface area contributed by atoms with Crippen LogP contribution in [0.15, 0.2) is 34.0 Å². The highest BCUT2D eigenvalue weighted by atomic mass is 32.2. The summed E-state index contributed by atoms with van der Waals surface area (Å²) in [6.07, 6.45) is 4.10. The van der Waals surface area contributed by atoms with Crippen LogP contribution in [0.1, 0.15) is 41.0 Å². The molecule has 0 bridgehead atoms. The number of thiophene rings is 1. The third-order valence-corrected chi connectivity index (χ3v) is 9.95. The second kappa shape index (κ2) is 7.39. The molecule has 2 fully saturated rings. The number of amides is 1. The van der Waals surface area contributed by atoms with Gasteiger partial charge in [-0.3, -0.25) is 4.79 Å². The highest BCUT2D eigenvalue weighted by Gasteiger charge is 2.44. The summed E-state index contributed by atoms with van der Waals surface area (Å²) in [5.74, 6) is -0.0226. The molecule has 2 saturated heterocycles. The molecule has 0 N–H and O–H groups in total. The van der Waals surface area contributed by atoms with Crippen LogP contribution in [0.2, 0.25) is 0 Å². The number of hydrogen-bond acceptors (Lipinski definition) is 6. The Labute approximate surface area is 185 Å². The first-order valence-corrected chi connectivity index (χ1v) is 12.8. The number of aromatic nitrogens is 3. The Morgan fingerprint density at radius 2 is 1.90 bits per heavy atom. The van der Waals surface area contributed by atoms with Gasteiger partial charge in [0.25, 0.3) is 15.9 Å². The quantitative estimate of drug-likeness (QED) is 0.601. The molecule has 10 heteroatoms. The molecule has 0 aliphatic carbocycles. The minimum absolute atomic E-state index is 0.00907. The van der Waals surface area contributed by atoms with Gasteiger partial charge in [0.05, 0.1) is 17.0 Å². The van der Waals surface area contributed by atoms with Crippen molar-refractivity contribution in [1.29, 1.82) is 0 Å². The fraction of sp³-hybridized carbons (Fsp3) is 0.476. The number of carbonyl (C=O) groups excluding carboxylic acids is 1. The predicted octanol–water partition coefficient (Wildman–Crippen LogP) is 2.72. The van der Waals surface area contributed by atoms with E-state index in [1.54, 1.807) is 32.5 Å². The van der Waals surface area contributed by atoms with E-state index in [-0.39, 0.29) is 11.3 Å². The molecule has 3 aromatic heterocycles. The van der Waals surface area contributed by atoms with E-state index in [0.29, 0.717) is 36.0 Å². The van der Waals surface area contributed by atoms with Gasteiger partial charge in [0.15, 0.2) is 5.65 Å². The standard InChI is InChI=1S/C21H25N5O3S2/c1-15-12-18-22-13-17(16(2)26(18)23-15)20(27)24-8-5-21(14-24)6-9-25(10-7-21)31(28,29)19-4-3-11-30-19/h3-4,11-13H,5-10,14H2,1-2H3. The van der Waals surface area contributed by atoms with Crippen LogP contribution in [0.25, 0.3) is 5.65 Å². The van der Waals surface area contributed by atoms with E-state index in [4.69, 9.17) is 0 Å². The molecule has 3 aromatic rings. The molecule has 0 radical (unpaired) electrons. The molecule has 2 aliphatic rings. The third kappa shape index (κ3) is 3.46. The Morgan fingerprint density at radius 1 is 1.16 bits per heavy atom. The van der Waals surface area contributed by atoms with E-state index in [1.165, 1.54) is 11.3 Å². The number of sulfonamides is 1. The Bertz CT molecular complexity index is 1240. The maximum Gasteiger partial charge on any atom is 0.257 e. The van der Waals surface area contributed by atoms with Gasteiger partial charge in [0.1, 0.15) is 4.21 Å². The maximum atomic E-state index is 13.3. The van der Waals surface area contributed by atoms with Gasteiger partial charge in [-0.15, -0.1) is 11.3 Å². The molecule has 164 valence electrons. The van der Waals surface area contributed by atoms with Crippen LogP contribution in [0, 0.1) is 19.3 Å². The summed E-state index contributed by atoms with van der Waals surface area (Å²) in [5, 5.41) is 6.23. The summed E-state index contributed by atoms with van der Waals surface area (Å²) in [5.41, 5.74) is 2.96. The van der Waals surface area contributed by atoms with Crippen molar-refractivity contribution in [3.05, 3.63) is 46.7 Å². The first-order valence-electron chi connectivity index (χ1n) is 10.4. The predicted molar refractivity (Wildman–Crippen MR) is 118 cm³/mol. The fourth-order valence-electron chi connectivity index (χ4n) is 4.80. The first-order chi connectivity index (χ1) is 14.8. The second-order valence-electron chi connectivity index (χ2n) is 8.63. The Morgan fingerprint density at radius 3 is 2.61 bits per heavy atom. The van der Waals surface area contributed by atoms with Gasteiger partial charge >= 0.3 is 0 Å². The summed E-state index contributed by atoms with van der Waals surface area (Å²) < 4.78 is 29.3. The maximum absolute atomic E-state index is 13.3. The molecule has 2 aliphatic heterocycles. The number of nitrogens with zero attached hydrogens (tertiary/aromatic N) is 5.